The Balaban J connectivity index is 1.46. The fraction of sp³-hybridized carbons (Fsp3) is 0.200. The molecule has 1 atom stereocenters. The lowest BCUT2D eigenvalue weighted by atomic mass is 9.98. The lowest BCUT2D eigenvalue weighted by Gasteiger charge is -2.19. The summed E-state index contributed by atoms with van der Waals surface area (Å²) in [7, 11) is 1.13. The van der Waals surface area contributed by atoms with E-state index in [1.165, 1.54) is 0 Å². The van der Waals surface area contributed by atoms with Crippen LogP contribution in [-0.2, 0) is 20.7 Å². The first-order valence-electron chi connectivity index (χ1n) is 10.2. The number of carbonyl (C=O) groups is 2. The second-order valence-corrected chi connectivity index (χ2v) is 7.66. The van der Waals surface area contributed by atoms with Crippen molar-refractivity contribution < 1.29 is 33.0 Å². The quantitative estimate of drug-likeness (QED) is 0.544. The zero-order valence-corrected chi connectivity index (χ0v) is 17.7. The third kappa shape index (κ3) is 4.50. The maximum Gasteiger partial charge on any atom is 0.407 e. The molecule has 8 heteroatoms. The van der Waals surface area contributed by atoms with Crippen molar-refractivity contribution >= 4 is 12.1 Å². The number of esters is 1. The summed E-state index contributed by atoms with van der Waals surface area (Å²) in [5, 5.41) is 11.6. The molecule has 0 saturated carbocycles. The number of nitrogens with one attached hydrogen (secondary N) is 1. The molecule has 0 spiro atoms. The lowest BCUT2D eigenvalue weighted by molar-refractivity contribution is -0.143. The van der Waals surface area contributed by atoms with Crippen LogP contribution in [0.4, 0.5) is 13.6 Å². The van der Waals surface area contributed by atoms with Gasteiger partial charge in [0.25, 0.3) is 0 Å². The summed E-state index contributed by atoms with van der Waals surface area (Å²) >= 11 is 0. The Morgan fingerprint density at radius 2 is 1.55 bits per heavy atom. The summed E-state index contributed by atoms with van der Waals surface area (Å²) < 4.78 is 37.4. The number of methoxy groups -OCH3 is 1. The first kappa shape index (κ1) is 22.3. The van der Waals surface area contributed by atoms with Gasteiger partial charge < -0.3 is 19.9 Å². The van der Waals surface area contributed by atoms with Crippen LogP contribution in [-0.4, -0.2) is 36.9 Å². The van der Waals surface area contributed by atoms with E-state index in [2.05, 4.69) is 5.32 Å². The number of halogens is 2. The van der Waals surface area contributed by atoms with Gasteiger partial charge in [-0.1, -0.05) is 48.5 Å². The average Bonchev–Trinajstić information content (AvgIpc) is 3.14. The predicted octanol–water partition coefficient (Wildman–Crippen LogP) is 4.29. The van der Waals surface area contributed by atoms with E-state index < -0.39 is 35.5 Å². The molecule has 0 aliphatic heterocycles. The molecule has 4 rings (SSSR count). The van der Waals surface area contributed by atoms with E-state index in [1.54, 1.807) is 0 Å². The van der Waals surface area contributed by atoms with Crippen molar-refractivity contribution in [3.05, 3.63) is 89.0 Å². The highest BCUT2D eigenvalue weighted by molar-refractivity contribution is 5.82. The van der Waals surface area contributed by atoms with Crippen molar-refractivity contribution in [2.24, 2.45) is 0 Å². The SMILES string of the molecule is COC(=O)[C@H](Cc1cc(F)c(O)c(F)c1)NC(=O)OCC1c2ccccc2-c2ccccc21. The van der Waals surface area contributed by atoms with Crippen LogP contribution in [0.3, 0.4) is 0 Å². The molecule has 0 aromatic heterocycles. The van der Waals surface area contributed by atoms with Gasteiger partial charge in [-0.05, 0) is 39.9 Å². The molecule has 0 saturated heterocycles. The number of phenols is 1. The van der Waals surface area contributed by atoms with Gasteiger partial charge in [-0.2, -0.15) is 0 Å². The fourth-order valence-corrected chi connectivity index (χ4v) is 4.09. The standard InChI is InChI=1S/C25H21F2NO5/c1-32-24(30)22(12-14-10-20(26)23(29)21(27)11-14)28-25(31)33-13-19-17-8-4-2-6-15(17)16-7-3-5-9-18(16)19/h2-11,19,22,29H,12-13H2,1H3,(H,28,31)/t22-/m0/s1. The number of aromatic hydroxyl groups is 1. The zero-order chi connectivity index (χ0) is 23.5. The summed E-state index contributed by atoms with van der Waals surface area (Å²) in [4.78, 5) is 24.7. The molecule has 0 fully saturated rings. The van der Waals surface area contributed by atoms with Crippen LogP contribution in [0.15, 0.2) is 60.7 Å². The number of hydrogen-bond donors (Lipinski definition) is 2. The number of hydrogen-bond acceptors (Lipinski definition) is 5. The predicted molar refractivity (Wildman–Crippen MR) is 116 cm³/mol. The number of amides is 1. The van der Waals surface area contributed by atoms with Crippen LogP contribution < -0.4 is 5.32 Å². The van der Waals surface area contributed by atoms with Crippen molar-refractivity contribution in [1.82, 2.24) is 5.32 Å². The summed E-state index contributed by atoms with van der Waals surface area (Å²) in [6.07, 6.45) is -1.13. The molecule has 1 aliphatic rings. The van der Waals surface area contributed by atoms with Gasteiger partial charge >= 0.3 is 12.1 Å². The molecule has 33 heavy (non-hydrogen) atoms. The third-order valence-corrected chi connectivity index (χ3v) is 5.64. The third-order valence-electron chi connectivity index (χ3n) is 5.64. The minimum absolute atomic E-state index is 0.0379. The number of benzene rings is 3. The van der Waals surface area contributed by atoms with E-state index in [4.69, 9.17) is 9.47 Å². The minimum Gasteiger partial charge on any atom is -0.503 e. The van der Waals surface area contributed by atoms with Gasteiger partial charge in [0.15, 0.2) is 17.4 Å². The highest BCUT2D eigenvalue weighted by Crippen LogP contribution is 2.44. The summed E-state index contributed by atoms with van der Waals surface area (Å²) in [5.41, 5.74) is 4.27. The van der Waals surface area contributed by atoms with Crippen molar-refractivity contribution in [3.63, 3.8) is 0 Å². The second-order valence-electron chi connectivity index (χ2n) is 7.66. The molecule has 0 heterocycles. The van der Waals surface area contributed by atoms with Gasteiger partial charge in [-0.25, -0.2) is 18.4 Å². The van der Waals surface area contributed by atoms with E-state index in [0.29, 0.717) is 0 Å². The van der Waals surface area contributed by atoms with Crippen LogP contribution in [0.5, 0.6) is 5.75 Å². The van der Waals surface area contributed by atoms with E-state index in [9.17, 15) is 23.5 Å². The van der Waals surface area contributed by atoms with Gasteiger partial charge in [0.05, 0.1) is 7.11 Å². The number of phenolic OH excluding ortho intramolecular Hbond substituents is 1. The Hall–Kier alpha value is -3.94. The van der Waals surface area contributed by atoms with Crippen molar-refractivity contribution in [1.29, 1.82) is 0 Å². The van der Waals surface area contributed by atoms with E-state index in [0.717, 1.165) is 41.5 Å². The number of rotatable bonds is 6. The van der Waals surface area contributed by atoms with Crippen LogP contribution in [0.1, 0.15) is 22.6 Å². The van der Waals surface area contributed by atoms with Crippen molar-refractivity contribution in [2.45, 2.75) is 18.4 Å². The Bertz CT molecular complexity index is 1140. The van der Waals surface area contributed by atoms with Gasteiger partial charge in [0, 0.05) is 12.3 Å². The van der Waals surface area contributed by atoms with E-state index in [-0.39, 0.29) is 24.5 Å². The molecule has 2 N–H and O–H groups in total. The summed E-state index contributed by atoms with van der Waals surface area (Å²) in [6.45, 7) is 0.0379. The van der Waals surface area contributed by atoms with Crippen molar-refractivity contribution in [3.8, 4) is 16.9 Å². The molecule has 1 aliphatic carbocycles. The Morgan fingerprint density at radius 1 is 1.00 bits per heavy atom. The fourth-order valence-electron chi connectivity index (χ4n) is 4.09. The highest BCUT2D eigenvalue weighted by Gasteiger charge is 2.30. The Labute approximate surface area is 188 Å². The smallest absolute Gasteiger partial charge is 0.407 e. The van der Waals surface area contributed by atoms with Gasteiger partial charge in [-0.3, -0.25) is 0 Å². The molecule has 1 amide bonds. The molecule has 0 radical (unpaired) electrons. The normalized spacial score (nSPS) is 13.1. The highest BCUT2D eigenvalue weighted by atomic mass is 19.1. The number of ether oxygens (including phenoxy) is 2. The molecule has 0 bridgehead atoms. The van der Waals surface area contributed by atoms with Gasteiger partial charge in [0.2, 0.25) is 0 Å². The maximum atomic E-state index is 13.7. The van der Waals surface area contributed by atoms with Crippen LogP contribution >= 0.6 is 0 Å². The van der Waals surface area contributed by atoms with Crippen LogP contribution in [0, 0.1) is 11.6 Å². The first-order chi connectivity index (χ1) is 15.9. The van der Waals surface area contributed by atoms with E-state index in [1.807, 2.05) is 48.5 Å². The molecule has 6 nitrogen and oxygen atoms in total. The average molecular weight is 453 g/mol. The van der Waals surface area contributed by atoms with Crippen LogP contribution in [0.2, 0.25) is 0 Å². The molecule has 3 aromatic rings. The van der Waals surface area contributed by atoms with Gasteiger partial charge in [0.1, 0.15) is 12.6 Å². The Morgan fingerprint density at radius 3 is 2.09 bits per heavy atom. The van der Waals surface area contributed by atoms with Gasteiger partial charge in [-0.15, -0.1) is 0 Å². The first-order valence-corrected chi connectivity index (χ1v) is 10.2. The molecule has 0 unspecified atom stereocenters. The summed E-state index contributed by atoms with van der Waals surface area (Å²) in [6, 6.07) is 16.2. The molecule has 3 aromatic carbocycles. The largest absolute Gasteiger partial charge is 0.503 e. The Kier molecular flexibility index (Phi) is 6.26. The topological polar surface area (TPSA) is 84.9 Å². The number of carbonyl (C=O) groups excluding carboxylic acids is 2. The summed E-state index contributed by atoms with van der Waals surface area (Å²) in [5.74, 6) is -4.43. The van der Waals surface area contributed by atoms with Crippen LogP contribution in [0.25, 0.3) is 11.1 Å². The molecule has 170 valence electrons. The minimum atomic E-state index is -1.24. The van der Waals surface area contributed by atoms with Crippen molar-refractivity contribution in [2.75, 3.05) is 13.7 Å². The molecular formula is C25H21F2NO5. The van der Waals surface area contributed by atoms with E-state index >= 15 is 0 Å². The lowest BCUT2D eigenvalue weighted by Crippen LogP contribution is -2.43. The second kappa shape index (κ2) is 9.28. The zero-order valence-electron chi connectivity index (χ0n) is 17.7. The maximum absolute atomic E-state index is 13.7. The number of alkyl carbamates (subject to hydrolysis) is 1. The monoisotopic (exact) mass is 453 g/mol. The number of fused-ring (bicyclic) bond motifs is 3. The molecular weight excluding hydrogens is 432 g/mol.